The van der Waals surface area contributed by atoms with E-state index in [2.05, 4.69) is 40.2 Å². The van der Waals surface area contributed by atoms with E-state index in [1.165, 1.54) is 17.2 Å². The first-order chi connectivity index (χ1) is 16.9. The van der Waals surface area contributed by atoms with Gasteiger partial charge in [-0.2, -0.15) is 0 Å². The fourth-order valence-electron chi connectivity index (χ4n) is 5.16. The zero-order valence-electron chi connectivity index (χ0n) is 20.1. The first kappa shape index (κ1) is 25.2. The molecule has 0 saturated heterocycles. The number of carboxylic acid groups (broad SMARTS) is 1. The van der Waals surface area contributed by atoms with Crippen molar-refractivity contribution in [1.82, 2.24) is 16.0 Å². The summed E-state index contributed by atoms with van der Waals surface area (Å²) in [7, 11) is 0.676. The fourth-order valence-corrected chi connectivity index (χ4v) is 5.16. The zero-order valence-corrected chi connectivity index (χ0v) is 20.1. The summed E-state index contributed by atoms with van der Waals surface area (Å²) < 4.78 is 5.48. The van der Waals surface area contributed by atoms with Gasteiger partial charge in [0.2, 0.25) is 5.91 Å². The average molecular weight is 479 g/mol. The lowest BCUT2D eigenvalue weighted by Crippen LogP contribution is -2.53. The van der Waals surface area contributed by atoms with Crippen molar-refractivity contribution < 1.29 is 24.4 Å². The number of hydrogen-bond acceptors (Lipinski definition) is 6. The van der Waals surface area contributed by atoms with Gasteiger partial charge in [-0.05, 0) is 67.8 Å². The number of benzene rings is 2. The lowest BCUT2D eigenvalue weighted by Gasteiger charge is -2.31. The maximum absolute atomic E-state index is 12.7. The van der Waals surface area contributed by atoms with Crippen molar-refractivity contribution >= 4 is 19.0 Å². The molecule has 5 N–H and O–H groups in total. The lowest BCUT2D eigenvalue weighted by atomic mass is 9.72. The average Bonchev–Trinajstić information content (AvgIpc) is 2.84. The molecule has 2 aromatic rings. The molecule has 1 fully saturated rings. The van der Waals surface area contributed by atoms with Crippen LogP contribution in [0.3, 0.4) is 0 Å². The molecule has 1 amide bonds. The van der Waals surface area contributed by atoms with Crippen LogP contribution in [-0.2, 0) is 24.3 Å². The van der Waals surface area contributed by atoms with Crippen molar-refractivity contribution in [1.29, 1.82) is 0 Å². The molecular formula is C26H34BN3O5. The standard InChI is InChI=1S/C26H34BN3O5/c1-28-15-19-5-2-3-6-20(19)16-29-21-11-9-17(10-12-21)13-24(31)30-23-14-18-7-4-8-22(26(32)33)25(18)35-27(23)34/h2-8,17,21,23,28-29,34H,9-16H2,1H3,(H,30,31)(H,32,33)/t17?,21?,23-/m0/s1. The van der Waals surface area contributed by atoms with Gasteiger partial charge < -0.3 is 30.7 Å². The van der Waals surface area contributed by atoms with Crippen LogP contribution in [0.1, 0.15) is 59.2 Å². The van der Waals surface area contributed by atoms with Crippen molar-refractivity contribution in [3.05, 3.63) is 64.7 Å². The van der Waals surface area contributed by atoms with E-state index in [-0.39, 0.29) is 17.2 Å². The summed E-state index contributed by atoms with van der Waals surface area (Å²) in [6.07, 6.45) is 4.78. The van der Waals surface area contributed by atoms with Gasteiger partial charge >= 0.3 is 13.1 Å². The molecule has 9 heteroatoms. The molecule has 186 valence electrons. The molecule has 0 unspecified atom stereocenters. The summed E-state index contributed by atoms with van der Waals surface area (Å²) in [6, 6.07) is 13.8. The molecule has 1 saturated carbocycles. The predicted molar refractivity (Wildman–Crippen MR) is 134 cm³/mol. The summed E-state index contributed by atoms with van der Waals surface area (Å²) >= 11 is 0. The number of rotatable bonds is 9. The number of amides is 1. The molecular weight excluding hydrogens is 445 g/mol. The molecule has 2 aliphatic rings. The Kier molecular flexibility index (Phi) is 8.44. The van der Waals surface area contributed by atoms with E-state index in [9.17, 15) is 19.7 Å². The first-order valence-corrected chi connectivity index (χ1v) is 12.4. The molecule has 0 spiro atoms. The van der Waals surface area contributed by atoms with Crippen LogP contribution in [0.15, 0.2) is 42.5 Å². The lowest BCUT2D eigenvalue weighted by molar-refractivity contribution is -0.122. The summed E-state index contributed by atoms with van der Waals surface area (Å²) in [4.78, 5) is 24.1. The topological polar surface area (TPSA) is 120 Å². The molecule has 4 rings (SSSR count). The van der Waals surface area contributed by atoms with E-state index < -0.39 is 19.0 Å². The first-order valence-electron chi connectivity index (χ1n) is 12.4. The summed E-state index contributed by atoms with van der Waals surface area (Å²) in [5.41, 5.74) is 3.31. The van der Waals surface area contributed by atoms with E-state index in [1.807, 2.05) is 7.05 Å². The van der Waals surface area contributed by atoms with E-state index in [4.69, 9.17) is 4.65 Å². The smallest absolute Gasteiger partial charge is 0.534 e. The highest BCUT2D eigenvalue weighted by Gasteiger charge is 2.38. The second kappa shape index (κ2) is 11.7. The number of aromatic carboxylic acids is 1. The van der Waals surface area contributed by atoms with Crippen LogP contribution in [0, 0.1) is 5.92 Å². The third-order valence-corrected chi connectivity index (χ3v) is 7.08. The van der Waals surface area contributed by atoms with Crippen molar-refractivity contribution in [2.24, 2.45) is 5.92 Å². The Balaban J connectivity index is 1.22. The summed E-state index contributed by atoms with van der Waals surface area (Å²) in [5.74, 6) is -1.32. The van der Waals surface area contributed by atoms with E-state index >= 15 is 0 Å². The summed E-state index contributed by atoms with van der Waals surface area (Å²) in [5, 5.41) is 29.5. The largest absolute Gasteiger partial charge is 0.547 e. The minimum Gasteiger partial charge on any atom is -0.534 e. The minimum atomic E-state index is -1.28. The van der Waals surface area contributed by atoms with Gasteiger partial charge in [-0.3, -0.25) is 4.79 Å². The van der Waals surface area contributed by atoms with Crippen molar-refractivity contribution in [3.63, 3.8) is 0 Å². The minimum absolute atomic E-state index is 0.0159. The molecule has 0 radical (unpaired) electrons. The highest BCUT2D eigenvalue weighted by Crippen LogP contribution is 2.31. The maximum Gasteiger partial charge on any atom is 0.547 e. The Morgan fingerprint density at radius 3 is 2.43 bits per heavy atom. The van der Waals surface area contributed by atoms with Gasteiger partial charge in [-0.15, -0.1) is 0 Å². The van der Waals surface area contributed by atoms with Gasteiger partial charge in [0.05, 0.1) is 11.5 Å². The van der Waals surface area contributed by atoms with Gasteiger partial charge in [-0.1, -0.05) is 36.4 Å². The summed E-state index contributed by atoms with van der Waals surface area (Å²) in [6.45, 7) is 1.70. The van der Waals surface area contributed by atoms with Crippen LogP contribution in [0.4, 0.5) is 0 Å². The quantitative estimate of drug-likeness (QED) is 0.350. The monoisotopic (exact) mass is 479 g/mol. The number of carboxylic acids is 1. The Morgan fingerprint density at radius 1 is 1.03 bits per heavy atom. The normalized spacial score (nSPS) is 21.7. The Bertz CT molecular complexity index is 1040. The molecule has 8 nitrogen and oxygen atoms in total. The van der Waals surface area contributed by atoms with Crippen LogP contribution >= 0.6 is 0 Å². The molecule has 1 aliphatic heterocycles. The number of hydrogen-bond donors (Lipinski definition) is 5. The molecule has 0 bridgehead atoms. The number of nitrogens with one attached hydrogen (secondary N) is 3. The molecule has 1 heterocycles. The maximum atomic E-state index is 12.7. The van der Waals surface area contributed by atoms with Crippen LogP contribution in [-0.4, -0.2) is 48.2 Å². The van der Waals surface area contributed by atoms with Gasteiger partial charge in [0.1, 0.15) is 5.75 Å². The van der Waals surface area contributed by atoms with Crippen LogP contribution in [0.2, 0.25) is 0 Å². The van der Waals surface area contributed by atoms with Gasteiger partial charge in [-0.25, -0.2) is 4.79 Å². The highest BCUT2D eigenvalue weighted by molar-refractivity contribution is 6.47. The molecule has 1 atom stereocenters. The Labute approximate surface area is 206 Å². The van der Waals surface area contributed by atoms with Crippen molar-refractivity contribution in [2.75, 3.05) is 7.05 Å². The number of fused-ring (bicyclic) bond motifs is 1. The van der Waals surface area contributed by atoms with Crippen molar-refractivity contribution in [2.45, 2.75) is 63.6 Å². The Morgan fingerprint density at radius 2 is 1.74 bits per heavy atom. The van der Waals surface area contributed by atoms with Gasteiger partial charge in [0.15, 0.2) is 0 Å². The third-order valence-electron chi connectivity index (χ3n) is 7.08. The van der Waals surface area contributed by atoms with E-state index in [0.717, 1.165) is 38.8 Å². The number of carbonyl (C=O) groups excluding carboxylic acids is 1. The SMILES string of the molecule is CNCc1ccccc1CNC1CCC(CC(=O)N[C@H]2Cc3cccc(C(=O)O)c3OB2O)CC1. The number of carbonyl (C=O) groups is 2. The third kappa shape index (κ3) is 6.42. The molecule has 2 aromatic carbocycles. The van der Waals surface area contributed by atoms with E-state index in [1.54, 1.807) is 12.1 Å². The molecule has 1 aliphatic carbocycles. The predicted octanol–water partition coefficient (Wildman–Crippen LogP) is 2.28. The van der Waals surface area contributed by atoms with Gasteiger partial charge in [0, 0.05) is 25.6 Å². The van der Waals surface area contributed by atoms with Crippen LogP contribution in [0.25, 0.3) is 0 Å². The highest BCUT2D eigenvalue weighted by atomic mass is 16.5. The Hall–Kier alpha value is -2.88. The second-order valence-electron chi connectivity index (χ2n) is 9.59. The van der Waals surface area contributed by atoms with Crippen molar-refractivity contribution in [3.8, 4) is 5.75 Å². The zero-order chi connectivity index (χ0) is 24.8. The van der Waals surface area contributed by atoms with Crippen LogP contribution in [0.5, 0.6) is 5.75 Å². The second-order valence-corrected chi connectivity index (χ2v) is 9.59. The molecule has 0 aromatic heterocycles. The van der Waals surface area contributed by atoms with Gasteiger partial charge in [0.25, 0.3) is 0 Å². The number of para-hydroxylation sites is 1. The molecule has 35 heavy (non-hydrogen) atoms. The van der Waals surface area contributed by atoms with E-state index in [0.29, 0.717) is 30.4 Å². The fraction of sp³-hybridized carbons (Fsp3) is 0.462. The van der Waals surface area contributed by atoms with Crippen LogP contribution < -0.4 is 20.6 Å².